The third-order valence-electron chi connectivity index (χ3n) is 4.98. The van der Waals surface area contributed by atoms with Gasteiger partial charge in [-0.15, -0.1) is 0 Å². The van der Waals surface area contributed by atoms with E-state index in [0.29, 0.717) is 34.9 Å². The Labute approximate surface area is 192 Å². The highest BCUT2D eigenvalue weighted by Gasteiger charge is 2.22. The highest BCUT2D eigenvalue weighted by atomic mass is 35.5. The maximum absolute atomic E-state index is 13.0. The summed E-state index contributed by atoms with van der Waals surface area (Å²) in [5.74, 6) is -0.385. The average molecular weight is 458 g/mol. The van der Waals surface area contributed by atoms with Crippen molar-refractivity contribution < 1.29 is 14.4 Å². The molecule has 0 fully saturated rings. The van der Waals surface area contributed by atoms with E-state index in [2.05, 4.69) is 5.32 Å². The lowest BCUT2D eigenvalue weighted by molar-refractivity contribution is -0.0756. The number of hydrogen-bond acceptors (Lipinski definition) is 5. The van der Waals surface area contributed by atoms with Gasteiger partial charge in [-0.05, 0) is 31.9 Å². The van der Waals surface area contributed by atoms with Crippen molar-refractivity contribution in [2.45, 2.75) is 39.0 Å². The lowest BCUT2D eigenvalue weighted by atomic mass is 10.1. The van der Waals surface area contributed by atoms with E-state index in [1.165, 1.54) is 24.8 Å². The van der Waals surface area contributed by atoms with Crippen LogP contribution in [0.25, 0.3) is 0 Å². The minimum Gasteiger partial charge on any atom is -0.370 e. The molecule has 32 heavy (non-hydrogen) atoms. The van der Waals surface area contributed by atoms with Crippen LogP contribution in [0.3, 0.4) is 0 Å². The highest BCUT2D eigenvalue weighted by molar-refractivity contribution is 6.30. The third-order valence-corrected chi connectivity index (χ3v) is 5.33. The molecule has 8 heteroatoms. The minimum absolute atomic E-state index is 0.0519. The Bertz CT molecular complexity index is 1080. The van der Waals surface area contributed by atoms with Gasteiger partial charge in [0.05, 0.1) is 37.1 Å². The molecule has 1 aromatic heterocycles. The van der Waals surface area contributed by atoms with Crippen LogP contribution in [-0.2, 0) is 16.1 Å². The van der Waals surface area contributed by atoms with Crippen LogP contribution in [-0.4, -0.2) is 41.9 Å². The maximum Gasteiger partial charge on any atom is 0.280 e. The minimum atomic E-state index is -0.385. The molecule has 3 rings (SSSR count). The molecular formula is C24H28ClN3O4. The molecule has 1 N–H and O–H groups in total. The fraction of sp³-hybridized carbons (Fsp3) is 0.333. The molecular weight excluding hydrogens is 430 g/mol. The topological polar surface area (TPSA) is 72.8 Å². The Morgan fingerprint density at radius 2 is 2.03 bits per heavy atom. The van der Waals surface area contributed by atoms with Crippen LogP contribution in [0.5, 0.6) is 0 Å². The van der Waals surface area contributed by atoms with E-state index < -0.39 is 0 Å². The van der Waals surface area contributed by atoms with Crippen LogP contribution in [0.2, 0.25) is 0 Å². The normalized spacial score (nSPS) is 15.9. The largest absolute Gasteiger partial charge is 0.370 e. The van der Waals surface area contributed by atoms with Crippen molar-refractivity contribution in [2.24, 2.45) is 0 Å². The van der Waals surface area contributed by atoms with Gasteiger partial charge in [-0.2, -0.15) is 0 Å². The van der Waals surface area contributed by atoms with Crippen LogP contribution in [0, 0.1) is 0 Å². The lowest BCUT2D eigenvalue weighted by Gasteiger charge is -2.24. The van der Waals surface area contributed by atoms with E-state index in [4.69, 9.17) is 21.2 Å². The molecule has 1 atom stereocenters. The van der Waals surface area contributed by atoms with E-state index >= 15 is 0 Å². The van der Waals surface area contributed by atoms with Crippen molar-refractivity contribution in [1.82, 2.24) is 9.63 Å². The van der Waals surface area contributed by atoms with Crippen molar-refractivity contribution in [2.75, 3.05) is 19.5 Å². The highest BCUT2D eigenvalue weighted by Crippen LogP contribution is 2.27. The van der Waals surface area contributed by atoms with E-state index in [1.54, 1.807) is 12.3 Å². The first-order chi connectivity index (χ1) is 15.3. The summed E-state index contributed by atoms with van der Waals surface area (Å²) in [6.07, 6.45) is 5.67. The predicted octanol–water partition coefficient (Wildman–Crippen LogP) is 4.15. The summed E-state index contributed by atoms with van der Waals surface area (Å²) in [7, 11) is 2.93. The molecule has 1 aliphatic carbocycles. The Hall–Kier alpha value is -2.87. The summed E-state index contributed by atoms with van der Waals surface area (Å²) in [5.41, 5.74) is 2.09. The lowest BCUT2D eigenvalue weighted by Crippen LogP contribution is -2.30. The number of ether oxygens (including phenoxy) is 1. The second-order valence-electron chi connectivity index (χ2n) is 7.76. The molecule has 1 unspecified atom stereocenters. The number of hydrogen-bond donors (Lipinski definition) is 1. The van der Waals surface area contributed by atoms with E-state index in [1.807, 2.05) is 50.3 Å². The number of hydroxylamine groups is 2. The van der Waals surface area contributed by atoms with Gasteiger partial charge in [0.25, 0.3) is 11.5 Å². The zero-order valence-corrected chi connectivity index (χ0v) is 19.4. The molecule has 1 heterocycles. The summed E-state index contributed by atoms with van der Waals surface area (Å²) >= 11 is 6.40. The Kier molecular flexibility index (Phi) is 7.90. The van der Waals surface area contributed by atoms with Gasteiger partial charge in [0, 0.05) is 30.0 Å². The van der Waals surface area contributed by atoms with Gasteiger partial charge < -0.3 is 14.6 Å². The molecule has 1 aromatic carbocycles. The Morgan fingerprint density at radius 1 is 1.31 bits per heavy atom. The fourth-order valence-electron chi connectivity index (χ4n) is 3.34. The average Bonchev–Trinajstić information content (AvgIpc) is 2.77. The first kappa shape index (κ1) is 23.8. The number of aromatic nitrogens is 1. The van der Waals surface area contributed by atoms with E-state index in [0.717, 1.165) is 10.6 Å². The molecule has 0 saturated heterocycles. The van der Waals surface area contributed by atoms with Gasteiger partial charge in [-0.25, -0.2) is 5.06 Å². The summed E-state index contributed by atoms with van der Waals surface area (Å²) in [5, 5.41) is 4.85. The zero-order valence-electron chi connectivity index (χ0n) is 18.7. The summed E-state index contributed by atoms with van der Waals surface area (Å²) in [6.45, 7) is 4.26. The van der Waals surface area contributed by atoms with Gasteiger partial charge in [-0.3, -0.25) is 14.4 Å². The van der Waals surface area contributed by atoms with Crippen LogP contribution in [0.4, 0.5) is 5.69 Å². The number of halogens is 1. The Morgan fingerprint density at radius 3 is 2.66 bits per heavy atom. The number of nitrogens with zero attached hydrogens (tertiary/aromatic N) is 2. The number of amides is 1. The van der Waals surface area contributed by atoms with Gasteiger partial charge in [0.2, 0.25) is 0 Å². The first-order valence-corrected chi connectivity index (χ1v) is 10.8. The molecule has 7 nitrogen and oxygen atoms in total. The molecule has 0 aliphatic heterocycles. The SMILES string of the molecule is CON(C)C(=O)c1cn(Cc2ccccc2)c(=O)cc1NC1=CCC(OC(C)C)C(Cl)=C1. The standard InChI is InChI=1S/C24H28ClN3O4/c1-16(2)32-22-11-10-18(12-20(22)25)26-21-13-23(29)28(14-17-8-6-5-7-9-17)15-19(21)24(30)27(3)31-4/h5-10,12-13,15-16,22,26H,11,14H2,1-4H3. The predicted molar refractivity (Wildman–Crippen MR) is 126 cm³/mol. The second kappa shape index (κ2) is 10.6. The number of carbonyl (C=O) groups excluding carboxylic acids is 1. The van der Waals surface area contributed by atoms with Crippen LogP contribution in [0.1, 0.15) is 36.2 Å². The molecule has 0 bridgehead atoms. The van der Waals surface area contributed by atoms with Crippen LogP contribution < -0.4 is 10.9 Å². The van der Waals surface area contributed by atoms with Gasteiger partial charge in [-0.1, -0.05) is 48.0 Å². The smallest absolute Gasteiger partial charge is 0.280 e. The van der Waals surface area contributed by atoms with Crippen molar-refractivity contribution >= 4 is 23.2 Å². The van der Waals surface area contributed by atoms with Crippen molar-refractivity contribution in [1.29, 1.82) is 0 Å². The quantitative estimate of drug-likeness (QED) is 0.603. The van der Waals surface area contributed by atoms with Crippen LogP contribution >= 0.6 is 11.6 Å². The summed E-state index contributed by atoms with van der Waals surface area (Å²) in [4.78, 5) is 30.9. The van der Waals surface area contributed by atoms with E-state index in [9.17, 15) is 9.59 Å². The number of benzene rings is 1. The number of anilines is 1. The number of nitrogens with one attached hydrogen (secondary N) is 1. The molecule has 0 spiro atoms. The summed E-state index contributed by atoms with van der Waals surface area (Å²) in [6, 6.07) is 11.0. The number of pyridine rings is 1. The number of allylic oxidation sites excluding steroid dienone is 1. The first-order valence-electron chi connectivity index (χ1n) is 10.4. The van der Waals surface area contributed by atoms with Crippen LogP contribution in [0.15, 0.2) is 70.3 Å². The molecule has 2 aromatic rings. The molecule has 0 radical (unpaired) electrons. The third kappa shape index (κ3) is 5.88. The van der Waals surface area contributed by atoms with Crippen molar-refractivity contribution in [3.8, 4) is 0 Å². The summed E-state index contributed by atoms with van der Waals surface area (Å²) < 4.78 is 7.30. The second-order valence-corrected chi connectivity index (χ2v) is 8.20. The zero-order chi connectivity index (χ0) is 23.3. The number of carbonyl (C=O) groups is 1. The van der Waals surface area contributed by atoms with Crippen molar-refractivity contribution in [3.05, 3.63) is 87.0 Å². The molecule has 1 amide bonds. The van der Waals surface area contributed by atoms with Crippen molar-refractivity contribution in [3.63, 3.8) is 0 Å². The maximum atomic E-state index is 13.0. The fourth-order valence-corrected chi connectivity index (χ4v) is 3.60. The van der Waals surface area contributed by atoms with Gasteiger partial charge in [0.1, 0.15) is 0 Å². The molecule has 170 valence electrons. The molecule has 0 saturated carbocycles. The number of rotatable bonds is 8. The van der Waals surface area contributed by atoms with Gasteiger partial charge >= 0.3 is 0 Å². The monoisotopic (exact) mass is 457 g/mol. The van der Waals surface area contributed by atoms with E-state index in [-0.39, 0.29) is 23.7 Å². The van der Waals surface area contributed by atoms with Gasteiger partial charge in [0.15, 0.2) is 0 Å². The Balaban J connectivity index is 1.93. The molecule has 1 aliphatic rings.